The highest BCUT2D eigenvalue weighted by molar-refractivity contribution is 5.60. The van der Waals surface area contributed by atoms with Crippen LogP contribution in [0.1, 0.15) is 11.1 Å². The van der Waals surface area contributed by atoms with Crippen molar-refractivity contribution in [2.24, 2.45) is 0 Å². The minimum absolute atomic E-state index is 0.0534. The summed E-state index contributed by atoms with van der Waals surface area (Å²) in [6.45, 7) is 1.93. The van der Waals surface area contributed by atoms with Gasteiger partial charge in [0, 0.05) is 22.8 Å². The first-order chi connectivity index (χ1) is 14.5. The number of halogens is 1. The normalized spacial score (nSPS) is 10.7. The summed E-state index contributed by atoms with van der Waals surface area (Å²) in [5.74, 6) is 0.911. The molecule has 0 bridgehead atoms. The van der Waals surface area contributed by atoms with Crippen molar-refractivity contribution in [2.75, 3.05) is 0 Å². The second kappa shape index (κ2) is 8.12. The molecule has 4 aromatic rings. The fourth-order valence-corrected chi connectivity index (χ4v) is 2.94. The third-order valence-corrected chi connectivity index (χ3v) is 4.47. The molecule has 0 aliphatic heterocycles. The molecule has 0 fully saturated rings. The second-order valence-corrected chi connectivity index (χ2v) is 6.62. The molecule has 0 aliphatic rings. The Balaban J connectivity index is 1.49. The molecule has 1 aromatic heterocycles. The van der Waals surface area contributed by atoms with Crippen molar-refractivity contribution in [1.29, 1.82) is 0 Å². The summed E-state index contributed by atoms with van der Waals surface area (Å²) in [4.78, 5) is 14.9. The number of aryl methyl sites for hydroxylation is 1. The quantitative estimate of drug-likeness (QED) is 0.318. The largest absolute Gasteiger partial charge is 0.489 e. The molecule has 150 valence electrons. The van der Waals surface area contributed by atoms with Crippen molar-refractivity contribution in [3.63, 3.8) is 0 Å². The van der Waals surface area contributed by atoms with Crippen molar-refractivity contribution >= 4 is 5.69 Å². The van der Waals surface area contributed by atoms with E-state index in [4.69, 9.17) is 9.26 Å². The van der Waals surface area contributed by atoms with E-state index < -0.39 is 4.92 Å². The van der Waals surface area contributed by atoms with Gasteiger partial charge in [0.1, 0.15) is 18.2 Å². The van der Waals surface area contributed by atoms with Crippen molar-refractivity contribution in [3.05, 3.63) is 93.8 Å². The third-order valence-electron chi connectivity index (χ3n) is 4.47. The maximum Gasteiger partial charge on any atom is 0.272 e. The number of nitrogens with zero attached hydrogens (tertiary/aromatic N) is 3. The summed E-state index contributed by atoms with van der Waals surface area (Å²) in [6, 6.07) is 17.9. The lowest BCUT2D eigenvalue weighted by Gasteiger charge is -2.08. The molecule has 0 N–H and O–H groups in total. The molecule has 7 nitrogen and oxygen atoms in total. The minimum atomic E-state index is -0.423. The Morgan fingerprint density at radius 3 is 2.60 bits per heavy atom. The van der Waals surface area contributed by atoms with E-state index in [2.05, 4.69) is 10.1 Å². The molecule has 0 atom stereocenters. The number of ether oxygens (including phenoxy) is 1. The lowest BCUT2D eigenvalue weighted by Crippen LogP contribution is -1.97. The maximum absolute atomic E-state index is 13.1. The van der Waals surface area contributed by atoms with E-state index in [1.54, 1.807) is 31.2 Å². The average Bonchev–Trinajstić information content (AvgIpc) is 3.23. The van der Waals surface area contributed by atoms with Crippen LogP contribution in [-0.4, -0.2) is 15.1 Å². The second-order valence-electron chi connectivity index (χ2n) is 6.62. The number of hydrogen-bond donors (Lipinski definition) is 0. The predicted molar refractivity (Wildman–Crippen MR) is 107 cm³/mol. The van der Waals surface area contributed by atoms with E-state index in [0.717, 1.165) is 11.1 Å². The molecule has 0 saturated carbocycles. The molecule has 0 radical (unpaired) electrons. The Labute approximate surface area is 170 Å². The van der Waals surface area contributed by atoms with Gasteiger partial charge in [0.2, 0.25) is 5.82 Å². The van der Waals surface area contributed by atoms with Crippen LogP contribution in [0.15, 0.2) is 71.3 Å². The molecule has 4 rings (SSSR count). The van der Waals surface area contributed by atoms with E-state index in [-0.39, 0.29) is 18.1 Å². The molecule has 30 heavy (non-hydrogen) atoms. The van der Waals surface area contributed by atoms with Gasteiger partial charge >= 0.3 is 0 Å². The fraction of sp³-hybridized carbons (Fsp3) is 0.0909. The van der Waals surface area contributed by atoms with Crippen LogP contribution < -0.4 is 4.74 Å². The van der Waals surface area contributed by atoms with Crippen molar-refractivity contribution < 1.29 is 18.6 Å². The first-order valence-electron chi connectivity index (χ1n) is 9.06. The summed E-state index contributed by atoms with van der Waals surface area (Å²) < 4.78 is 24.2. The Morgan fingerprint density at radius 1 is 1.07 bits per heavy atom. The fourth-order valence-electron chi connectivity index (χ4n) is 2.94. The SMILES string of the molecule is Cc1cc(OCc2cccc(-c3nc(-c4ccc(F)cc4)no3)c2)ccc1[N+](=O)[O-]. The Morgan fingerprint density at radius 2 is 1.87 bits per heavy atom. The standard InChI is InChI=1S/C22H16FN3O4/c1-14-11-19(9-10-20(14)26(27)28)29-13-15-3-2-4-17(12-15)22-24-21(25-30-22)16-5-7-18(23)8-6-16/h2-12H,13H2,1H3. The van der Waals surface area contributed by atoms with Crippen molar-refractivity contribution in [2.45, 2.75) is 13.5 Å². The maximum atomic E-state index is 13.1. The molecule has 8 heteroatoms. The summed E-state index contributed by atoms with van der Waals surface area (Å²) in [5.41, 5.74) is 2.82. The smallest absolute Gasteiger partial charge is 0.272 e. The minimum Gasteiger partial charge on any atom is -0.489 e. The van der Waals surface area contributed by atoms with Gasteiger partial charge in [-0.2, -0.15) is 4.98 Å². The summed E-state index contributed by atoms with van der Waals surface area (Å²) in [7, 11) is 0. The number of nitro groups is 1. The van der Waals surface area contributed by atoms with Crippen LogP contribution in [0.3, 0.4) is 0 Å². The van der Waals surface area contributed by atoms with Crippen LogP contribution in [0.4, 0.5) is 10.1 Å². The molecular weight excluding hydrogens is 389 g/mol. The van der Waals surface area contributed by atoms with Crippen LogP contribution in [0.5, 0.6) is 5.75 Å². The third kappa shape index (κ3) is 4.17. The zero-order chi connectivity index (χ0) is 21.1. The molecular formula is C22H16FN3O4. The highest BCUT2D eigenvalue weighted by atomic mass is 19.1. The zero-order valence-corrected chi connectivity index (χ0v) is 15.9. The highest BCUT2D eigenvalue weighted by Crippen LogP contribution is 2.26. The molecule has 0 aliphatic carbocycles. The number of benzene rings is 3. The average molecular weight is 405 g/mol. The lowest BCUT2D eigenvalue weighted by atomic mass is 10.1. The van der Waals surface area contributed by atoms with E-state index >= 15 is 0 Å². The van der Waals surface area contributed by atoms with Gasteiger partial charge < -0.3 is 9.26 Å². The number of rotatable bonds is 6. The van der Waals surface area contributed by atoms with E-state index in [9.17, 15) is 14.5 Å². The number of hydrogen-bond acceptors (Lipinski definition) is 6. The Bertz CT molecular complexity index is 1210. The first kappa shape index (κ1) is 19.3. The van der Waals surface area contributed by atoms with Crippen LogP contribution in [-0.2, 0) is 6.61 Å². The van der Waals surface area contributed by atoms with Crippen LogP contribution in [0.2, 0.25) is 0 Å². The van der Waals surface area contributed by atoms with Gasteiger partial charge in [-0.3, -0.25) is 10.1 Å². The number of nitro benzene ring substituents is 1. The van der Waals surface area contributed by atoms with Crippen LogP contribution >= 0.6 is 0 Å². The van der Waals surface area contributed by atoms with E-state index in [0.29, 0.717) is 28.6 Å². The van der Waals surface area contributed by atoms with Gasteiger partial charge in [-0.05, 0) is 61.0 Å². The summed E-state index contributed by atoms with van der Waals surface area (Å²) >= 11 is 0. The van der Waals surface area contributed by atoms with E-state index in [1.807, 2.05) is 24.3 Å². The zero-order valence-electron chi connectivity index (χ0n) is 15.9. The molecule has 0 spiro atoms. The molecule has 1 heterocycles. The van der Waals surface area contributed by atoms with Gasteiger partial charge in [0.15, 0.2) is 0 Å². The van der Waals surface area contributed by atoms with Gasteiger partial charge in [-0.1, -0.05) is 17.3 Å². The lowest BCUT2D eigenvalue weighted by molar-refractivity contribution is -0.385. The molecule has 3 aromatic carbocycles. The van der Waals surface area contributed by atoms with Crippen molar-refractivity contribution in [1.82, 2.24) is 10.1 Å². The molecule has 0 amide bonds. The van der Waals surface area contributed by atoms with Gasteiger partial charge in [-0.25, -0.2) is 4.39 Å². The Hall–Kier alpha value is -4.07. The monoisotopic (exact) mass is 405 g/mol. The predicted octanol–water partition coefficient (Wildman–Crippen LogP) is 5.34. The number of aromatic nitrogens is 2. The molecule has 0 unspecified atom stereocenters. The van der Waals surface area contributed by atoms with Gasteiger partial charge in [0.25, 0.3) is 11.6 Å². The summed E-state index contributed by atoms with van der Waals surface area (Å²) in [5, 5.41) is 14.9. The Kier molecular flexibility index (Phi) is 5.21. The summed E-state index contributed by atoms with van der Waals surface area (Å²) in [6.07, 6.45) is 0. The molecule has 0 saturated heterocycles. The topological polar surface area (TPSA) is 91.3 Å². The first-order valence-corrected chi connectivity index (χ1v) is 9.06. The van der Waals surface area contributed by atoms with Gasteiger partial charge in [-0.15, -0.1) is 0 Å². The van der Waals surface area contributed by atoms with Crippen LogP contribution in [0.25, 0.3) is 22.8 Å². The van der Waals surface area contributed by atoms with Gasteiger partial charge in [0.05, 0.1) is 4.92 Å². The van der Waals surface area contributed by atoms with Crippen molar-refractivity contribution in [3.8, 4) is 28.6 Å². The highest BCUT2D eigenvalue weighted by Gasteiger charge is 2.13. The van der Waals surface area contributed by atoms with Crippen LogP contribution in [0, 0.1) is 22.9 Å². The van der Waals surface area contributed by atoms with E-state index in [1.165, 1.54) is 18.2 Å².